The van der Waals surface area contributed by atoms with E-state index in [1.807, 2.05) is 37.9 Å². The van der Waals surface area contributed by atoms with Crippen LogP contribution in [0.1, 0.15) is 71.3 Å². The van der Waals surface area contributed by atoms with Gasteiger partial charge in [-0.05, 0) is 83.5 Å². The van der Waals surface area contributed by atoms with Gasteiger partial charge in [0, 0.05) is 50.9 Å². The van der Waals surface area contributed by atoms with E-state index in [0.29, 0.717) is 24.8 Å². The Morgan fingerprint density at radius 3 is 2.38 bits per heavy atom. The average Bonchev–Trinajstić information content (AvgIpc) is 2.83. The van der Waals surface area contributed by atoms with E-state index >= 15 is 0 Å². The van der Waals surface area contributed by atoms with Gasteiger partial charge in [-0.15, -0.1) is 0 Å². The summed E-state index contributed by atoms with van der Waals surface area (Å²) in [6, 6.07) is 8.77. The molecule has 3 aliphatic rings. The number of amides is 3. The van der Waals surface area contributed by atoms with Crippen LogP contribution in [-0.4, -0.2) is 78.7 Å². The quantitative estimate of drug-likeness (QED) is 0.564. The lowest BCUT2D eigenvalue weighted by molar-refractivity contribution is -0.134. The highest BCUT2D eigenvalue weighted by molar-refractivity contribution is 6.00. The number of hydrazine groups is 1. The molecule has 2 atom stereocenters. The fourth-order valence-corrected chi connectivity index (χ4v) is 5.60. The van der Waals surface area contributed by atoms with Gasteiger partial charge in [-0.3, -0.25) is 25.2 Å². The molecule has 3 amide bonds. The van der Waals surface area contributed by atoms with Gasteiger partial charge >= 0.3 is 6.09 Å². The van der Waals surface area contributed by atoms with Gasteiger partial charge in [-0.2, -0.15) is 0 Å². The Balaban J connectivity index is 1.18. The zero-order chi connectivity index (χ0) is 26.6. The number of carbonyl (C=O) groups is 3. The lowest BCUT2D eigenvalue weighted by atomic mass is 9.90. The van der Waals surface area contributed by atoms with Crippen molar-refractivity contribution in [2.75, 3.05) is 44.2 Å². The molecule has 3 heterocycles. The molecule has 1 aromatic rings. The molecule has 4 rings (SSSR count). The molecule has 0 saturated carbocycles. The van der Waals surface area contributed by atoms with Gasteiger partial charge in [0.1, 0.15) is 5.60 Å². The number of hydrogen-bond acceptors (Lipinski definition) is 7. The van der Waals surface area contributed by atoms with Gasteiger partial charge < -0.3 is 9.64 Å². The highest BCUT2D eigenvalue weighted by atomic mass is 16.6. The van der Waals surface area contributed by atoms with E-state index in [1.54, 1.807) is 0 Å². The lowest BCUT2D eigenvalue weighted by Crippen LogP contribution is -2.52. The van der Waals surface area contributed by atoms with Gasteiger partial charge in [0.25, 0.3) is 0 Å². The van der Waals surface area contributed by atoms with Crippen molar-refractivity contribution in [2.45, 2.75) is 77.4 Å². The summed E-state index contributed by atoms with van der Waals surface area (Å²) < 4.78 is 5.36. The number of benzene rings is 1. The second kappa shape index (κ2) is 11.8. The standard InChI is InChI=1S/C28H43N5O4/c1-20-19-32(23-7-5-22(6-8-23)24-9-10-25(34)29-26(24)35)18-17-31(20)14-11-21-12-15-33(16-13-21)30-27(36)37-28(2,3)4/h5-8,20-21,24H,9-19H2,1-4H3,(H,30,36)(H,29,34,35)/t20-,24?/m0/s1. The zero-order valence-corrected chi connectivity index (χ0v) is 22.8. The Morgan fingerprint density at radius 2 is 1.76 bits per heavy atom. The van der Waals surface area contributed by atoms with E-state index < -0.39 is 5.60 Å². The molecule has 2 N–H and O–H groups in total. The monoisotopic (exact) mass is 513 g/mol. The minimum atomic E-state index is -0.484. The van der Waals surface area contributed by atoms with Crippen LogP contribution in [0.15, 0.2) is 24.3 Å². The number of anilines is 1. The van der Waals surface area contributed by atoms with E-state index in [0.717, 1.165) is 57.7 Å². The molecule has 0 aromatic heterocycles. The number of piperazine rings is 1. The summed E-state index contributed by atoms with van der Waals surface area (Å²) in [6.07, 6.45) is 3.97. The minimum Gasteiger partial charge on any atom is -0.443 e. The molecule has 0 bridgehead atoms. The Labute approximate surface area is 220 Å². The summed E-state index contributed by atoms with van der Waals surface area (Å²) in [7, 11) is 0. The molecule has 9 nitrogen and oxygen atoms in total. The van der Waals surface area contributed by atoms with Crippen molar-refractivity contribution in [1.82, 2.24) is 20.7 Å². The zero-order valence-electron chi connectivity index (χ0n) is 22.8. The van der Waals surface area contributed by atoms with Gasteiger partial charge in [0.05, 0.1) is 5.92 Å². The number of nitrogens with one attached hydrogen (secondary N) is 2. The first-order valence-electron chi connectivity index (χ1n) is 13.7. The molecule has 37 heavy (non-hydrogen) atoms. The molecular formula is C28H43N5O4. The summed E-state index contributed by atoms with van der Waals surface area (Å²) in [5.41, 5.74) is 4.56. The fraction of sp³-hybridized carbons (Fsp3) is 0.679. The van der Waals surface area contributed by atoms with Crippen LogP contribution in [-0.2, 0) is 14.3 Å². The predicted octanol–water partition coefficient (Wildman–Crippen LogP) is 3.26. The van der Waals surface area contributed by atoms with Gasteiger partial charge in [-0.1, -0.05) is 12.1 Å². The van der Waals surface area contributed by atoms with E-state index in [9.17, 15) is 14.4 Å². The third-order valence-corrected chi connectivity index (χ3v) is 7.75. The van der Waals surface area contributed by atoms with Gasteiger partial charge in [0.15, 0.2) is 0 Å². The molecule has 9 heteroatoms. The Hall–Kier alpha value is -2.65. The first-order valence-corrected chi connectivity index (χ1v) is 13.7. The van der Waals surface area contributed by atoms with Crippen molar-refractivity contribution in [1.29, 1.82) is 0 Å². The third kappa shape index (κ3) is 7.68. The average molecular weight is 514 g/mol. The maximum Gasteiger partial charge on any atom is 0.422 e. The molecule has 3 aliphatic heterocycles. The Kier molecular flexibility index (Phi) is 8.75. The van der Waals surface area contributed by atoms with E-state index in [-0.39, 0.29) is 23.8 Å². The predicted molar refractivity (Wildman–Crippen MR) is 143 cm³/mol. The van der Waals surface area contributed by atoms with Crippen LogP contribution in [0.2, 0.25) is 0 Å². The number of ether oxygens (including phenoxy) is 1. The maximum atomic E-state index is 12.2. The van der Waals surface area contributed by atoms with Crippen molar-refractivity contribution >= 4 is 23.6 Å². The van der Waals surface area contributed by atoms with Crippen LogP contribution in [0.5, 0.6) is 0 Å². The van der Waals surface area contributed by atoms with Crippen LogP contribution in [0.25, 0.3) is 0 Å². The van der Waals surface area contributed by atoms with Crippen LogP contribution in [0.3, 0.4) is 0 Å². The lowest BCUT2D eigenvalue weighted by Gasteiger charge is -2.42. The fourth-order valence-electron chi connectivity index (χ4n) is 5.60. The number of imide groups is 1. The second-order valence-electron chi connectivity index (χ2n) is 11.8. The SMILES string of the molecule is C[C@H]1CN(c2ccc(C3CCC(=O)NC3=O)cc2)CCN1CCC1CCN(NC(=O)OC(C)(C)C)CC1. The molecule has 1 unspecified atom stereocenters. The molecule has 0 radical (unpaired) electrons. The van der Waals surface area contributed by atoms with Gasteiger partial charge in [0.2, 0.25) is 11.8 Å². The van der Waals surface area contributed by atoms with E-state index in [1.165, 1.54) is 12.1 Å². The summed E-state index contributed by atoms with van der Waals surface area (Å²) in [5, 5.41) is 4.43. The largest absolute Gasteiger partial charge is 0.443 e. The minimum absolute atomic E-state index is 0.176. The third-order valence-electron chi connectivity index (χ3n) is 7.75. The second-order valence-corrected chi connectivity index (χ2v) is 11.8. The summed E-state index contributed by atoms with van der Waals surface area (Å²) >= 11 is 0. The molecule has 0 aliphatic carbocycles. The highest BCUT2D eigenvalue weighted by Gasteiger charge is 2.29. The number of hydrogen-bond donors (Lipinski definition) is 2. The van der Waals surface area contributed by atoms with Crippen LogP contribution in [0.4, 0.5) is 10.5 Å². The number of rotatable bonds is 6. The van der Waals surface area contributed by atoms with E-state index in [4.69, 9.17) is 4.74 Å². The van der Waals surface area contributed by atoms with Gasteiger partial charge in [-0.25, -0.2) is 9.80 Å². The Morgan fingerprint density at radius 1 is 1.05 bits per heavy atom. The van der Waals surface area contributed by atoms with Crippen LogP contribution >= 0.6 is 0 Å². The molecule has 1 aromatic carbocycles. The molecule has 3 saturated heterocycles. The molecule has 204 valence electrons. The molecular weight excluding hydrogens is 470 g/mol. The summed E-state index contributed by atoms with van der Waals surface area (Å²) in [5.74, 6) is 0.0887. The highest BCUT2D eigenvalue weighted by Crippen LogP contribution is 2.28. The number of nitrogens with zero attached hydrogens (tertiary/aromatic N) is 3. The number of piperidine rings is 2. The van der Waals surface area contributed by atoms with Crippen molar-refractivity contribution in [3.05, 3.63) is 29.8 Å². The normalized spacial score (nSPS) is 24.6. The number of carbonyl (C=O) groups excluding carboxylic acids is 3. The van der Waals surface area contributed by atoms with Crippen molar-refractivity contribution in [3.63, 3.8) is 0 Å². The maximum absolute atomic E-state index is 12.2. The molecule has 0 spiro atoms. The van der Waals surface area contributed by atoms with E-state index in [2.05, 4.69) is 39.6 Å². The van der Waals surface area contributed by atoms with Crippen molar-refractivity contribution in [3.8, 4) is 0 Å². The summed E-state index contributed by atoms with van der Waals surface area (Å²) in [6.45, 7) is 13.8. The smallest absolute Gasteiger partial charge is 0.422 e. The van der Waals surface area contributed by atoms with Crippen LogP contribution in [0, 0.1) is 5.92 Å². The first-order chi connectivity index (χ1) is 17.6. The topological polar surface area (TPSA) is 94.2 Å². The van der Waals surface area contributed by atoms with Crippen molar-refractivity contribution in [2.24, 2.45) is 5.92 Å². The first kappa shape index (κ1) is 27.4. The van der Waals surface area contributed by atoms with Crippen LogP contribution < -0.4 is 15.6 Å². The molecule has 3 fully saturated rings. The van der Waals surface area contributed by atoms with Crippen molar-refractivity contribution < 1.29 is 19.1 Å². The Bertz CT molecular complexity index is 952. The summed E-state index contributed by atoms with van der Waals surface area (Å²) in [4.78, 5) is 40.6.